The van der Waals surface area contributed by atoms with Gasteiger partial charge in [-0.25, -0.2) is 4.39 Å². The molecule has 18 heavy (non-hydrogen) atoms. The molecule has 0 radical (unpaired) electrons. The molecule has 0 bridgehead atoms. The van der Waals surface area contributed by atoms with Crippen molar-refractivity contribution >= 4 is 23.2 Å². The molecule has 0 aliphatic rings. The molecule has 3 nitrogen and oxygen atoms in total. The number of phenolic OH excluding ortho intramolecular Hbond substituents is 1. The fraction of sp³-hybridized carbons (Fsp3) is 0. The van der Waals surface area contributed by atoms with Gasteiger partial charge in [-0.3, -0.25) is 4.79 Å². The van der Waals surface area contributed by atoms with Crippen molar-refractivity contribution in [1.82, 2.24) is 0 Å². The number of benzene rings is 2. The monoisotopic (exact) mass is 265 g/mol. The Balaban J connectivity index is 2.22. The van der Waals surface area contributed by atoms with Crippen molar-refractivity contribution in [1.29, 1.82) is 0 Å². The van der Waals surface area contributed by atoms with Gasteiger partial charge in [0.1, 0.15) is 11.6 Å². The number of halogens is 2. The number of amides is 1. The number of carbonyl (C=O) groups excluding carboxylic acids is 1. The zero-order valence-corrected chi connectivity index (χ0v) is 9.91. The van der Waals surface area contributed by atoms with E-state index >= 15 is 0 Å². The molecule has 0 saturated heterocycles. The number of hydrogen-bond donors (Lipinski definition) is 2. The molecule has 5 heteroatoms. The molecule has 0 heterocycles. The molecular weight excluding hydrogens is 257 g/mol. The minimum atomic E-state index is -0.533. The van der Waals surface area contributed by atoms with E-state index in [4.69, 9.17) is 11.6 Å². The van der Waals surface area contributed by atoms with Crippen LogP contribution in [0.15, 0.2) is 42.5 Å². The lowest BCUT2D eigenvalue weighted by atomic mass is 10.2. The first-order chi connectivity index (χ1) is 8.56. The molecule has 0 aliphatic carbocycles. The Labute approximate surface area is 108 Å². The van der Waals surface area contributed by atoms with Gasteiger partial charge in [-0.1, -0.05) is 17.7 Å². The number of anilines is 1. The zero-order valence-electron chi connectivity index (χ0n) is 9.15. The highest BCUT2D eigenvalue weighted by atomic mass is 35.5. The molecule has 2 aromatic carbocycles. The topological polar surface area (TPSA) is 49.3 Å². The van der Waals surface area contributed by atoms with Crippen molar-refractivity contribution in [3.8, 4) is 5.75 Å². The van der Waals surface area contributed by atoms with E-state index in [1.165, 1.54) is 36.4 Å². The second-order valence-corrected chi connectivity index (χ2v) is 4.06. The first-order valence-electron chi connectivity index (χ1n) is 5.12. The normalized spacial score (nSPS) is 10.1. The average Bonchev–Trinajstić information content (AvgIpc) is 2.28. The van der Waals surface area contributed by atoms with Gasteiger partial charge in [0.25, 0.3) is 5.91 Å². The number of rotatable bonds is 2. The van der Waals surface area contributed by atoms with Crippen molar-refractivity contribution < 1.29 is 14.3 Å². The molecular formula is C13H9ClFNO2. The number of aromatic hydroxyl groups is 1. The molecule has 2 N–H and O–H groups in total. The third kappa shape index (κ3) is 2.78. The van der Waals surface area contributed by atoms with E-state index < -0.39 is 11.7 Å². The first-order valence-corrected chi connectivity index (χ1v) is 5.49. The summed E-state index contributed by atoms with van der Waals surface area (Å²) >= 11 is 5.66. The summed E-state index contributed by atoms with van der Waals surface area (Å²) in [7, 11) is 0. The number of hydrogen-bond acceptors (Lipinski definition) is 2. The standard InChI is InChI=1S/C13H9ClFNO2/c14-8-4-5-11(12(17)6-8)13(18)16-10-3-1-2-9(15)7-10/h1-7,17H,(H,16,18). The second kappa shape index (κ2) is 5.06. The Hall–Kier alpha value is -2.07. The first kappa shape index (κ1) is 12.4. The Bertz CT molecular complexity index is 601. The average molecular weight is 266 g/mol. The van der Waals surface area contributed by atoms with Gasteiger partial charge in [0.05, 0.1) is 5.56 Å². The van der Waals surface area contributed by atoms with E-state index in [0.29, 0.717) is 10.7 Å². The SMILES string of the molecule is O=C(Nc1cccc(F)c1)c1ccc(Cl)cc1O. The highest BCUT2D eigenvalue weighted by molar-refractivity contribution is 6.30. The van der Waals surface area contributed by atoms with Crippen LogP contribution < -0.4 is 5.32 Å². The molecule has 0 atom stereocenters. The predicted octanol–water partition coefficient (Wildman–Crippen LogP) is 3.44. The van der Waals surface area contributed by atoms with Gasteiger partial charge < -0.3 is 10.4 Å². The molecule has 0 aliphatic heterocycles. The summed E-state index contributed by atoms with van der Waals surface area (Å²) in [5.74, 6) is -1.21. The van der Waals surface area contributed by atoms with Crippen LogP contribution in [0.4, 0.5) is 10.1 Å². The van der Waals surface area contributed by atoms with Crippen LogP contribution in [0.3, 0.4) is 0 Å². The minimum absolute atomic E-state index is 0.0728. The van der Waals surface area contributed by atoms with Gasteiger partial charge in [0, 0.05) is 10.7 Å². The van der Waals surface area contributed by atoms with Crippen LogP contribution in [0.2, 0.25) is 5.02 Å². The molecule has 0 aromatic heterocycles. The molecule has 92 valence electrons. The maximum atomic E-state index is 12.9. The maximum Gasteiger partial charge on any atom is 0.259 e. The molecule has 2 rings (SSSR count). The van der Waals surface area contributed by atoms with E-state index in [9.17, 15) is 14.3 Å². The zero-order chi connectivity index (χ0) is 13.1. The maximum absolute atomic E-state index is 12.9. The predicted molar refractivity (Wildman–Crippen MR) is 67.5 cm³/mol. The van der Waals surface area contributed by atoms with E-state index in [1.807, 2.05) is 0 Å². The second-order valence-electron chi connectivity index (χ2n) is 3.63. The van der Waals surface area contributed by atoms with Crippen molar-refractivity contribution in [3.63, 3.8) is 0 Å². The Morgan fingerprint density at radius 3 is 2.67 bits per heavy atom. The largest absolute Gasteiger partial charge is 0.507 e. The summed E-state index contributed by atoms with van der Waals surface area (Å²) in [6.07, 6.45) is 0. The highest BCUT2D eigenvalue weighted by Crippen LogP contribution is 2.23. The smallest absolute Gasteiger partial charge is 0.259 e. The Morgan fingerprint density at radius 2 is 2.00 bits per heavy atom. The summed E-state index contributed by atoms with van der Waals surface area (Å²) in [6.45, 7) is 0. The van der Waals surface area contributed by atoms with Crippen LogP contribution in [-0.2, 0) is 0 Å². The van der Waals surface area contributed by atoms with Gasteiger partial charge in [-0.2, -0.15) is 0 Å². The lowest BCUT2D eigenvalue weighted by Crippen LogP contribution is -2.12. The van der Waals surface area contributed by atoms with E-state index in [-0.39, 0.29) is 11.3 Å². The van der Waals surface area contributed by atoms with Crippen LogP contribution in [-0.4, -0.2) is 11.0 Å². The van der Waals surface area contributed by atoms with Gasteiger partial charge in [0.15, 0.2) is 0 Å². The summed E-state index contributed by atoms with van der Waals surface area (Å²) in [5, 5.41) is 12.4. The van der Waals surface area contributed by atoms with Crippen LogP contribution >= 0.6 is 11.6 Å². The van der Waals surface area contributed by atoms with Gasteiger partial charge >= 0.3 is 0 Å². The van der Waals surface area contributed by atoms with Crippen molar-refractivity contribution in [2.45, 2.75) is 0 Å². The quantitative estimate of drug-likeness (QED) is 0.874. The molecule has 0 saturated carbocycles. The van der Waals surface area contributed by atoms with Gasteiger partial charge in [-0.05, 0) is 36.4 Å². The Kier molecular flexibility index (Phi) is 3.48. The van der Waals surface area contributed by atoms with E-state index in [0.717, 1.165) is 0 Å². The number of carbonyl (C=O) groups is 1. The lowest BCUT2D eigenvalue weighted by Gasteiger charge is -2.07. The van der Waals surface area contributed by atoms with Crippen molar-refractivity contribution in [2.75, 3.05) is 5.32 Å². The van der Waals surface area contributed by atoms with E-state index in [2.05, 4.69) is 5.32 Å². The molecule has 0 fully saturated rings. The lowest BCUT2D eigenvalue weighted by molar-refractivity contribution is 0.102. The molecule has 2 aromatic rings. The number of nitrogens with one attached hydrogen (secondary N) is 1. The van der Waals surface area contributed by atoms with Crippen molar-refractivity contribution in [3.05, 3.63) is 58.9 Å². The van der Waals surface area contributed by atoms with Gasteiger partial charge in [0.2, 0.25) is 0 Å². The number of phenols is 1. The Morgan fingerprint density at radius 1 is 1.22 bits per heavy atom. The molecule has 0 spiro atoms. The van der Waals surface area contributed by atoms with Crippen LogP contribution in [0, 0.1) is 5.82 Å². The summed E-state index contributed by atoms with van der Waals surface area (Å²) < 4.78 is 12.9. The fourth-order valence-electron chi connectivity index (χ4n) is 1.46. The van der Waals surface area contributed by atoms with Crippen LogP contribution in [0.5, 0.6) is 5.75 Å². The van der Waals surface area contributed by atoms with Crippen molar-refractivity contribution in [2.24, 2.45) is 0 Å². The summed E-state index contributed by atoms with van der Waals surface area (Å²) in [5.41, 5.74) is 0.387. The van der Waals surface area contributed by atoms with Crippen LogP contribution in [0.25, 0.3) is 0 Å². The highest BCUT2D eigenvalue weighted by Gasteiger charge is 2.11. The summed E-state index contributed by atoms with van der Waals surface area (Å²) in [4.78, 5) is 11.8. The summed E-state index contributed by atoms with van der Waals surface area (Å²) in [6, 6.07) is 9.64. The third-order valence-electron chi connectivity index (χ3n) is 2.29. The molecule has 1 amide bonds. The van der Waals surface area contributed by atoms with Crippen LogP contribution in [0.1, 0.15) is 10.4 Å². The third-order valence-corrected chi connectivity index (χ3v) is 2.52. The fourth-order valence-corrected chi connectivity index (χ4v) is 1.63. The van der Waals surface area contributed by atoms with E-state index in [1.54, 1.807) is 6.07 Å². The molecule has 0 unspecified atom stereocenters. The van der Waals surface area contributed by atoms with Gasteiger partial charge in [-0.15, -0.1) is 0 Å². The minimum Gasteiger partial charge on any atom is -0.507 e.